The molecule has 0 fully saturated rings. The van der Waals surface area contributed by atoms with Gasteiger partial charge in [-0.2, -0.15) is 0 Å². The van der Waals surface area contributed by atoms with E-state index < -0.39 is 11.7 Å². The normalized spacial score (nSPS) is 10.2. The van der Waals surface area contributed by atoms with Crippen molar-refractivity contribution in [3.63, 3.8) is 0 Å². The Kier molecular flexibility index (Phi) is 4.82. The quantitative estimate of drug-likeness (QED) is 0.920. The first-order valence-corrected chi connectivity index (χ1v) is 6.43. The van der Waals surface area contributed by atoms with E-state index in [2.05, 4.69) is 5.32 Å². The van der Waals surface area contributed by atoms with Gasteiger partial charge in [-0.3, -0.25) is 4.79 Å². The van der Waals surface area contributed by atoms with E-state index in [-0.39, 0.29) is 12.3 Å². The monoisotopic (exact) mass is 313 g/mol. The second-order valence-corrected chi connectivity index (χ2v) is 4.79. The molecule has 0 radical (unpaired) electrons. The van der Waals surface area contributed by atoms with Gasteiger partial charge in [-0.1, -0.05) is 23.2 Å². The highest BCUT2D eigenvalue weighted by atomic mass is 35.5. The Morgan fingerprint density at radius 3 is 2.45 bits per heavy atom. The highest BCUT2D eigenvalue weighted by molar-refractivity contribution is 6.31. The third kappa shape index (κ3) is 4.11. The Morgan fingerprint density at radius 2 is 1.75 bits per heavy atom. The summed E-state index contributed by atoms with van der Waals surface area (Å²) in [4.78, 5) is 11.6. The van der Waals surface area contributed by atoms with Gasteiger partial charge in [0.1, 0.15) is 11.6 Å². The van der Waals surface area contributed by atoms with E-state index >= 15 is 0 Å². The van der Waals surface area contributed by atoms with Gasteiger partial charge in [0.15, 0.2) is 6.61 Å². The maximum atomic E-state index is 13.4. The Bertz CT molecular complexity index is 617. The lowest BCUT2D eigenvalue weighted by molar-refractivity contribution is -0.118. The average molecular weight is 314 g/mol. The summed E-state index contributed by atoms with van der Waals surface area (Å²) in [7, 11) is 0. The maximum Gasteiger partial charge on any atom is 0.262 e. The fraction of sp³-hybridized carbons (Fsp3) is 0.0714. The summed E-state index contributed by atoms with van der Waals surface area (Å²) < 4.78 is 18.6. The lowest BCUT2D eigenvalue weighted by atomic mass is 10.3. The molecule has 20 heavy (non-hydrogen) atoms. The molecule has 0 bridgehead atoms. The first kappa shape index (κ1) is 14.6. The summed E-state index contributed by atoms with van der Waals surface area (Å²) in [6.45, 7) is -0.242. The zero-order valence-corrected chi connectivity index (χ0v) is 11.7. The van der Waals surface area contributed by atoms with Gasteiger partial charge >= 0.3 is 0 Å². The third-order valence-electron chi connectivity index (χ3n) is 2.39. The molecule has 0 atom stereocenters. The molecule has 104 valence electrons. The summed E-state index contributed by atoms with van der Waals surface area (Å²) >= 11 is 11.5. The zero-order valence-electron chi connectivity index (χ0n) is 10.2. The minimum absolute atomic E-state index is 0.0159. The number of hydrogen-bond donors (Lipinski definition) is 1. The summed E-state index contributed by atoms with van der Waals surface area (Å²) in [5.74, 6) is -0.550. The van der Waals surface area contributed by atoms with Gasteiger partial charge in [0, 0.05) is 10.0 Å². The fourth-order valence-electron chi connectivity index (χ4n) is 1.46. The van der Waals surface area contributed by atoms with Gasteiger partial charge < -0.3 is 10.1 Å². The first-order chi connectivity index (χ1) is 9.54. The number of hydrogen-bond acceptors (Lipinski definition) is 2. The lowest BCUT2D eigenvalue weighted by Crippen LogP contribution is -2.20. The minimum atomic E-state index is -0.561. The predicted octanol–water partition coefficient (Wildman–Crippen LogP) is 4.15. The topological polar surface area (TPSA) is 38.3 Å². The van der Waals surface area contributed by atoms with E-state index in [4.69, 9.17) is 27.9 Å². The number of rotatable bonds is 4. The maximum absolute atomic E-state index is 13.4. The molecule has 0 unspecified atom stereocenters. The van der Waals surface area contributed by atoms with Crippen molar-refractivity contribution in [1.29, 1.82) is 0 Å². The number of anilines is 1. The fourth-order valence-corrected chi connectivity index (χ4v) is 1.76. The largest absolute Gasteiger partial charge is 0.484 e. The standard InChI is InChI=1S/C14H10Cl2FNO2/c15-9-1-4-11(5-2-9)20-8-14(19)18-13-7-10(16)3-6-12(13)17/h1-7H,8H2,(H,18,19). The van der Waals surface area contributed by atoms with E-state index in [0.717, 1.165) is 0 Å². The van der Waals surface area contributed by atoms with Gasteiger partial charge in [-0.05, 0) is 42.5 Å². The van der Waals surface area contributed by atoms with Gasteiger partial charge in [-0.15, -0.1) is 0 Å². The van der Waals surface area contributed by atoms with Gasteiger partial charge in [0.25, 0.3) is 5.91 Å². The van der Waals surface area contributed by atoms with E-state index in [1.54, 1.807) is 24.3 Å². The van der Waals surface area contributed by atoms with E-state index in [1.807, 2.05) is 0 Å². The van der Waals surface area contributed by atoms with E-state index in [1.165, 1.54) is 18.2 Å². The summed E-state index contributed by atoms with van der Waals surface area (Å²) in [5.41, 5.74) is 0.0159. The number of carbonyl (C=O) groups excluding carboxylic acids is 1. The molecule has 0 aliphatic heterocycles. The molecule has 0 aliphatic rings. The molecule has 0 aliphatic carbocycles. The Hall–Kier alpha value is -1.78. The highest BCUT2D eigenvalue weighted by Gasteiger charge is 2.08. The second-order valence-electron chi connectivity index (χ2n) is 3.91. The SMILES string of the molecule is O=C(COc1ccc(Cl)cc1)Nc1cc(Cl)ccc1F. The molecule has 2 aromatic carbocycles. The van der Waals surface area contributed by atoms with Crippen molar-refractivity contribution in [1.82, 2.24) is 0 Å². The van der Waals surface area contributed by atoms with Gasteiger partial charge in [0.2, 0.25) is 0 Å². The van der Waals surface area contributed by atoms with Crippen molar-refractivity contribution in [2.45, 2.75) is 0 Å². The lowest BCUT2D eigenvalue weighted by Gasteiger charge is -2.08. The number of halogens is 3. The zero-order chi connectivity index (χ0) is 14.5. The van der Waals surface area contributed by atoms with Crippen LogP contribution in [-0.4, -0.2) is 12.5 Å². The molecule has 1 N–H and O–H groups in total. The van der Waals surface area contributed by atoms with Crippen molar-refractivity contribution >= 4 is 34.8 Å². The van der Waals surface area contributed by atoms with Crippen LogP contribution in [0.4, 0.5) is 10.1 Å². The molecule has 2 aromatic rings. The van der Waals surface area contributed by atoms with Gasteiger partial charge in [-0.25, -0.2) is 4.39 Å². The molecule has 1 amide bonds. The van der Waals surface area contributed by atoms with Crippen molar-refractivity contribution in [2.24, 2.45) is 0 Å². The minimum Gasteiger partial charge on any atom is -0.484 e. The number of nitrogens with one attached hydrogen (secondary N) is 1. The number of carbonyl (C=O) groups is 1. The molecule has 3 nitrogen and oxygen atoms in total. The smallest absolute Gasteiger partial charge is 0.262 e. The molecule has 0 spiro atoms. The van der Waals surface area contributed by atoms with Gasteiger partial charge in [0.05, 0.1) is 5.69 Å². The molecular weight excluding hydrogens is 304 g/mol. The van der Waals surface area contributed by atoms with E-state index in [9.17, 15) is 9.18 Å². The first-order valence-electron chi connectivity index (χ1n) is 5.68. The molecule has 0 heterocycles. The van der Waals surface area contributed by atoms with Crippen LogP contribution in [0.25, 0.3) is 0 Å². The van der Waals surface area contributed by atoms with Crippen LogP contribution < -0.4 is 10.1 Å². The van der Waals surface area contributed by atoms with Crippen LogP contribution in [0, 0.1) is 5.82 Å². The summed E-state index contributed by atoms with van der Waals surface area (Å²) in [6, 6.07) is 10.5. The molecular formula is C14H10Cl2FNO2. The van der Waals surface area contributed by atoms with Crippen LogP contribution in [0.2, 0.25) is 10.0 Å². The predicted molar refractivity (Wildman–Crippen MR) is 77.0 cm³/mol. The molecule has 0 saturated carbocycles. The van der Waals surface area contributed by atoms with Crippen molar-refractivity contribution in [2.75, 3.05) is 11.9 Å². The molecule has 0 aromatic heterocycles. The highest BCUT2D eigenvalue weighted by Crippen LogP contribution is 2.19. The van der Waals surface area contributed by atoms with Crippen LogP contribution >= 0.6 is 23.2 Å². The van der Waals surface area contributed by atoms with Crippen molar-refractivity contribution in [3.8, 4) is 5.75 Å². The number of benzene rings is 2. The van der Waals surface area contributed by atoms with Crippen LogP contribution in [-0.2, 0) is 4.79 Å². The second kappa shape index (κ2) is 6.59. The summed E-state index contributed by atoms with van der Waals surface area (Å²) in [5, 5.41) is 3.29. The third-order valence-corrected chi connectivity index (χ3v) is 2.87. The van der Waals surface area contributed by atoms with Crippen molar-refractivity contribution < 1.29 is 13.9 Å². The van der Waals surface area contributed by atoms with Crippen LogP contribution in [0.3, 0.4) is 0 Å². The van der Waals surface area contributed by atoms with Crippen LogP contribution in [0.1, 0.15) is 0 Å². The number of ether oxygens (including phenoxy) is 1. The molecule has 2 rings (SSSR count). The Labute approximate surface area is 125 Å². The van der Waals surface area contributed by atoms with E-state index in [0.29, 0.717) is 15.8 Å². The number of amides is 1. The molecule has 0 saturated heterocycles. The average Bonchev–Trinajstić information content (AvgIpc) is 2.42. The summed E-state index contributed by atoms with van der Waals surface area (Å²) in [6.07, 6.45) is 0. The van der Waals surface area contributed by atoms with Crippen LogP contribution in [0.5, 0.6) is 5.75 Å². The molecule has 6 heteroatoms. The van der Waals surface area contributed by atoms with Crippen LogP contribution in [0.15, 0.2) is 42.5 Å². The van der Waals surface area contributed by atoms with Crippen molar-refractivity contribution in [3.05, 3.63) is 58.3 Å². The Morgan fingerprint density at radius 1 is 1.10 bits per heavy atom. The Balaban J connectivity index is 1.92.